The summed E-state index contributed by atoms with van der Waals surface area (Å²) in [7, 11) is 0. The largest absolute Gasteiger partial charge is 3.00 e. The average molecular weight is 347 g/mol. The summed E-state index contributed by atoms with van der Waals surface area (Å²) in [6.07, 6.45) is 0. The third kappa shape index (κ3) is 901. The van der Waals surface area contributed by atoms with Crippen molar-refractivity contribution >= 4 is 0 Å². The monoisotopic (exact) mass is 347 g/mol. The molecule has 73 valence electrons. The van der Waals surface area contributed by atoms with Gasteiger partial charge in [0.15, 0.2) is 0 Å². The molecule has 0 saturated carbocycles. The molecule has 0 aromatic heterocycles. The van der Waals surface area contributed by atoms with E-state index in [4.69, 9.17) is 71.0 Å². The standard InChI is InChI=1S/6CN.Fe.3K.H2O/c6*1-2;;;;;/h;;;;;;;;;;1H2/q6*-1;+3;3*+1;. The Balaban J connectivity index is -0.00000000267. The van der Waals surface area contributed by atoms with Gasteiger partial charge in [-0.15, -0.1) is 0 Å². The predicted octanol–water partition coefficient (Wildman–Crippen LogP) is -9.24. The van der Waals surface area contributed by atoms with Crippen LogP contribution in [-0.4, -0.2) is 5.48 Å². The minimum absolute atomic E-state index is 0. The van der Waals surface area contributed by atoms with Crippen LogP contribution in [-0.2, 0) is 17.1 Å². The molecule has 0 bridgehead atoms. The first-order valence-corrected chi connectivity index (χ1v) is 1.34. The van der Waals surface area contributed by atoms with E-state index in [1.807, 2.05) is 0 Å². The Morgan fingerprint density at radius 1 is 0.353 bits per heavy atom. The van der Waals surface area contributed by atoms with E-state index in [1.165, 1.54) is 0 Å². The van der Waals surface area contributed by atoms with Gasteiger partial charge in [0.1, 0.15) is 0 Å². The summed E-state index contributed by atoms with van der Waals surface area (Å²) in [5.74, 6) is 0. The van der Waals surface area contributed by atoms with E-state index in [1.54, 1.807) is 0 Å². The Bertz CT molecular complexity index is 109. The maximum absolute atomic E-state index is 6.25. The smallest absolute Gasteiger partial charge is 0.512 e. The minimum Gasteiger partial charge on any atom is -0.512 e. The Labute approximate surface area is 241 Å². The van der Waals surface area contributed by atoms with Gasteiger partial charge in [-0.2, -0.15) is 0 Å². The molecule has 0 aromatic rings. The van der Waals surface area contributed by atoms with Crippen molar-refractivity contribution in [2.24, 2.45) is 0 Å². The molecule has 11 heteroatoms. The molecule has 0 spiro atoms. The molecule has 1 radical (unpaired) electrons. The van der Waals surface area contributed by atoms with Crippen LogP contribution in [0.15, 0.2) is 0 Å². The zero-order valence-electron chi connectivity index (χ0n) is 9.54. The van der Waals surface area contributed by atoms with Crippen molar-refractivity contribution in [1.29, 1.82) is 31.6 Å². The van der Waals surface area contributed by atoms with Gasteiger partial charge in [0, 0.05) is 0 Å². The van der Waals surface area contributed by atoms with Gasteiger partial charge in [0.05, 0.1) is 0 Å². The maximum atomic E-state index is 6.25. The maximum Gasteiger partial charge on any atom is 3.00 e. The molecule has 0 aliphatic rings. The second kappa shape index (κ2) is 1020. The minimum atomic E-state index is 0. The van der Waals surface area contributed by atoms with Crippen molar-refractivity contribution in [3.63, 3.8) is 0 Å². The predicted molar refractivity (Wildman–Crippen MR) is 33.4 cm³/mol. The van der Waals surface area contributed by atoms with Gasteiger partial charge in [0.2, 0.25) is 0 Å². The first-order chi connectivity index (χ1) is 6.00. The summed E-state index contributed by atoms with van der Waals surface area (Å²) in [5.41, 5.74) is 0. The summed E-state index contributed by atoms with van der Waals surface area (Å²) in [5, 5.41) is 37.5. The van der Waals surface area contributed by atoms with Crippen molar-refractivity contribution in [3.8, 4) is 0 Å². The Morgan fingerprint density at radius 3 is 0.353 bits per heavy atom. The molecule has 0 aromatic carbocycles. The molecule has 0 amide bonds. The third-order valence-corrected chi connectivity index (χ3v) is 0. The van der Waals surface area contributed by atoms with Crippen LogP contribution in [0.5, 0.6) is 0 Å². The van der Waals surface area contributed by atoms with Crippen molar-refractivity contribution < 1.29 is 177 Å². The number of hydrogen-bond acceptors (Lipinski definition) is 6. The molecule has 0 saturated heterocycles. The molecule has 2 N–H and O–H groups in total. The van der Waals surface area contributed by atoms with Crippen molar-refractivity contribution in [2.75, 3.05) is 0 Å². The quantitative estimate of drug-likeness (QED) is 0.310. The molecule has 0 aliphatic carbocycles. The zero-order chi connectivity index (χ0) is 12.0. The molecule has 7 nitrogen and oxygen atoms in total. The molecule has 0 heterocycles. The SMILES string of the molecule is O.[C-]#N.[C-]#N.[C-]#N.[C-]#N.[C-]#N.[C-]#N.[Fe+3].[K+].[K+].[K+]. The fourth-order valence-electron chi connectivity index (χ4n) is 0. The van der Waals surface area contributed by atoms with Crippen LogP contribution >= 0.6 is 0 Å². The van der Waals surface area contributed by atoms with E-state index in [0.29, 0.717) is 0 Å². The van der Waals surface area contributed by atoms with Crippen LogP contribution < -0.4 is 154 Å². The molecule has 0 fully saturated rings. The number of rotatable bonds is 0. The van der Waals surface area contributed by atoms with Crippen LogP contribution in [0.1, 0.15) is 0 Å². The van der Waals surface area contributed by atoms with E-state index in [2.05, 4.69) is 0 Å². The van der Waals surface area contributed by atoms with Gasteiger partial charge in [0.25, 0.3) is 0 Å². The average Bonchev–Trinajstić information content (AvgIpc) is 2.33. The van der Waals surface area contributed by atoms with Crippen LogP contribution in [0.2, 0.25) is 0 Å². The van der Waals surface area contributed by atoms with Crippen molar-refractivity contribution in [1.82, 2.24) is 0 Å². The van der Waals surface area contributed by atoms with Gasteiger partial charge in [-0.25, -0.2) is 0 Å². The first kappa shape index (κ1) is 93.6. The second-order valence-corrected chi connectivity index (χ2v) is 0. The Hall–Kier alpha value is 2.33. The molecule has 0 aliphatic heterocycles. The van der Waals surface area contributed by atoms with Gasteiger partial charge in [-0.1, -0.05) is 0 Å². The number of nitrogens with zero attached hydrogens (tertiary/aromatic N) is 6. The summed E-state index contributed by atoms with van der Waals surface area (Å²) >= 11 is 0. The van der Waals surface area contributed by atoms with E-state index >= 15 is 0 Å². The zero-order valence-corrected chi connectivity index (χ0v) is 20.0. The normalized spacial score (nSPS) is 0.706. The Kier molecular flexibility index (Phi) is 5590. The van der Waals surface area contributed by atoms with Crippen LogP contribution in [0.25, 0.3) is 0 Å². The summed E-state index contributed by atoms with van der Waals surface area (Å²) in [6, 6.07) is 0. The van der Waals surface area contributed by atoms with Gasteiger partial charge < -0.3 is 76.5 Å². The van der Waals surface area contributed by atoms with Crippen LogP contribution in [0, 0.1) is 71.0 Å². The first-order valence-electron chi connectivity index (χ1n) is 1.34. The van der Waals surface area contributed by atoms with E-state index < -0.39 is 0 Å². The third-order valence-electron chi connectivity index (χ3n) is 0. The van der Waals surface area contributed by atoms with Crippen LogP contribution in [0.3, 0.4) is 0 Å². The molecule has 0 unspecified atom stereocenters. The summed E-state index contributed by atoms with van der Waals surface area (Å²) in [4.78, 5) is 0. The fraction of sp³-hybridized carbons (Fsp3) is 0. The van der Waals surface area contributed by atoms with Crippen molar-refractivity contribution in [2.45, 2.75) is 0 Å². The summed E-state index contributed by atoms with van der Waals surface area (Å²) in [6.45, 7) is 28.5. The fourth-order valence-corrected chi connectivity index (χ4v) is 0. The van der Waals surface area contributed by atoms with Gasteiger partial charge in [-0.3, -0.25) is 0 Å². The molecule has 17 heavy (non-hydrogen) atoms. The molecule has 0 rings (SSSR count). The molecular formula is C6H2FeK3N6O. The van der Waals surface area contributed by atoms with E-state index in [0.717, 1.165) is 0 Å². The second-order valence-electron chi connectivity index (χ2n) is 0. The molecular weight excluding hydrogens is 345 g/mol. The molecule has 0 atom stereocenters. The van der Waals surface area contributed by atoms with Gasteiger partial charge in [-0.05, 0) is 0 Å². The van der Waals surface area contributed by atoms with Crippen LogP contribution in [0.4, 0.5) is 0 Å². The number of hydrogen-bond donors (Lipinski definition) is 0. The van der Waals surface area contributed by atoms with E-state index in [9.17, 15) is 0 Å². The summed E-state index contributed by atoms with van der Waals surface area (Å²) < 4.78 is 0. The Morgan fingerprint density at radius 2 is 0.353 bits per heavy atom. The van der Waals surface area contributed by atoms with E-state index in [-0.39, 0.29) is 177 Å². The topological polar surface area (TPSA) is 174 Å². The van der Waals surface area contributed by atoms with Gasteiger partial charge >= 0.3 is 171 Å². The van der Waals surface area contributed by atoms with Crippen molar-refractivity contribution in [3.05, 3.63) is 39.4 Å².